The fourth-order valence-electron chi connectivity index (χ4n) is 2.21. The van der Waals surface area contributed by atoms with Gasteiger partial charge in [0.15, 0.2) is 0 Å². The first kappa shape index (κ1) is 13.1. The molecule has 0 heterocycles. The summed E-state index contributed by atoms with van der Waals surface area (Å²) in [5.41, 5.74) is 6.60. The normalized spacial score (nSPS) is 13.8. The average Bonchev–Trinajstić information content (AvgIpc) is 2.18. The van der Waals surface area contributed by atoms with Crippen molar-refractivity contribution in [3.8, 4) is 0 Å². The highest BCUT2D eigenvalue weighted by molar-refractivity contribution is 5.22. The molecule has 1 atom stereocenters. The van der Waals surface area contributed by atoms with Gasteiger partial charge in [0, 0.05) is 6.04 Å². The number of hydrogen-bond donors (Lipinski definition) is 2. The van der Waals surface area contributed by atoms with Gasteiger partial charge in [0.2, 0.25) is 0 Å². The lowest BCUT2D eigenvalue weighted by Crippen LogP contribution is -2.33. The number of hydrogen-bond acceptors (Lipinski definition) is 2. The van der Waals surface area contributed by atoms with Crippen molar-refractivity contribution < 1.29 is 4.39 Å². The average molecular weight is 224 g/mol. The third-order valence-electron chi connectivity index (χ3n) is 3.04. The molecule has 0 radical (unpaired) electrons. The van der Waals surface area contributed by atoms with Gasteiger partial charge >= 0.3 is 0 Å². The number of halogens is 1. The SMILES string of the molecule is CNC(c1cccc(F)c1)C(C)(C)CCN. The Morgan fingerprint density at radius 2 is 2.12 bits per heavy atom. The maximum absolute atomic E-state index is 13.2. The van der Waals surface area contributed by atoms with Crippen LogP contribution in [0.3, 0.4) is 0 Å². The van der Waals surface area contributed by atoms with Crippen molar-refractivity contribution in [2.75, 3.05) is 13.6 Å². The molecule has 0 fully saturated rings. The summed E-state index contributed by atoms with van der Waals surface area (Å²) in [6.07, 6.45) is 0.898. The summed E-state index contributed by atoms with van der Waals surface area (Å²) in [5.74, 6) is -0.193. The summed E-state index contributed by atoms with van der Waals surface area (Å²) in [4.78, 5) is 0. The Balaban J connectivity index is 2.98. The van der Waals surface area contributed by atoms with Crippen LogP contribution in [0.4, 0.5) is 4.39 Å². The van der Waals surface area contributed by atoms with Crippen LogP contribution in [0.1, 0.15) is 31.9 Å². The van der Waals surface area contributed by atoms with Crippen molar-refractivity contribution in [3.05, 3.63) is 35.6 Å². The highest BCUT2D eigenvalue weighted by Gasteiger charge is 2.28. The van der Waals surface area contributed by atoms with Gasteiger partial charge in [0.25, 0.3) is 0 Å². The summed E-state index contributed by atoms with van der Waals surface area (Å²) in [5, 5.41) is 3.25. The second kappa shape index (κ2) is 5.41. The molecule has 0 saturated carbocycles. The molecule has 0 aliphatic carbocycles. The molecule has 0 saturated heterocycles. The molecule has 0 amide bonds. The lowest BCUT2D eigenvalue weighted by atomic mass is 9.78. The Labute approximate surface area is 97.0 Å². The Hall–Kier alpha value is -0.930. The maximum atomic E-state index is 13.2. The highest BCUT2D eigenvalue weighted by Crippen LogP contribution is 2.35. The molecule has 3 N–H and O–H groups in total. The summed E-state index contributed by atoms with van der Waals surface area (Å²) in [6, 6.07) is 6.86. The van der Waals surface area contributed by atoms with Crippen LogP contribution < -0.4 is 11.1 Å². The van der Waals surface area contributed by atoms with E-state index in [9.17, 15) is 4.39 Å². The largest absolute Gasteiger partial charge is 0.330 e. The Morgan fingerprint density at radius 3 is 2.62 bits per heavy atom. The van der Waals surface area contributed by atoms with E-state index < -0.39 is 0 Å². The van der Waals surface area contributed by atoms with Gasteiger partial charge in [0.1, 0.15) is 5.82 Å². The highest BCUT2D eigenvalue weighted by atomic mass is 19.1. The van der Waals surface area contributed by atoms with Crippen molar-refractivity contribution in [3.63, 3.8) is 0 Å². The minimum Gasteiger partial charge on any atom is -0.330 e. The molecule has 16 heavy (non-hydrogen) atoms. The molecule has 0 aromatic heterocycles. The van der Waals surface area contributed by atoms with Crippen molar-refractivity contribution in [2.45, 2.75) is 26.3 Å². The minimum absolute atomic E-state index is 0.0112. The lowest BCUT2D eigenvalue weighted by Gasteiger charge is -2.34. The number of nitrogens with two attached hydrogens (primary N) is 1. The van der Waals surface area contributed by atoms with E-state index in [2.05, 4.69) is 19.2 Å². The van der Waals surface area contributed by atoms with E-state index in [4.69, 9.17) is 5.73 Å². The van der Waals surface area contributed by atoms with Gasteiger partial charge < -0.3 is 11.1 Å². The quantitative estimate of drug-likeness (QED) is 0.806. The lowest BCUT2D eigenvalue weighted by molar-refractivity contribution is 0.239. The number of rotatable bonds is 5. The topological polar surface area (TPSA) is 38.0 Å². The maximum Gasteiger partial charge on any atom is 0.123 e. The molecule has 0 aliphatic heterocycles. The van der Waals surface area contributed by atoms with Gasteiger partial charge in [0.05, 0.1) is 0 Å². The Kier molecular flexibility index (Phi) is 4.44. The Morgan fingerprint density at radius 1 is 1.44 bits per heavy atom. The first-order valence-corrected chi connectivity index (χ1v) is 5.64. The summed E-state index contributed by atoms with van der Waals surface area (Å²) in [7, 11) is 1.90. The van der Waals surface area contributed by atoms with Crippen LogP contribution >= 0.6 is 0 Å². The molecule has 1 aromatic carbocycles. The van der Waals surface area contributed by atoms with Gasteiger partial charge in [-0.1, -0.05) is 26.0 Å². The van der Waals surface area contributed by atoms with Crippen molar-refractivity contribution >= 4 is 0 Å². The molecule has 3 heteroatoms. The number of benzene rings is 1. The van der Waals surface area contributed by atoms with E-state index in [0.29, 0.717) is 6.54 Å². The van der Waals surface area contributed by atoms with E-state index >= 15 is 0 Å². The van der Waals surface area contributed by atoms with Crippen LogP contribution in [0.5, 0.6) is 0 Å². The summed E-state index contributed by atoms with van der Waals surface area (Å²) >= 11 is 0. The molecule has 1 unspecified atom stereocenters. The van der Waals surface area contributed by atoms with Crippen LogP contribution in [0.2, 0.25) is 0 Å². The summed E-state index contributed by atoms with van der Waals surface area (Å²) < 4.78 is 13.2. The first-order chi connectivity index (χ1) is 7.51. The second-order valence-electron chi connectivity index (χ2n) is 4.80. The molecule has 0 aliphatic rings. The van der Waals surface area contributed by atoms with E-state index in [1.54, 1.807) is 12.1 Å². The fraction of sp³-hybridized carbons (Fsp3) is 0.538. The molecule has 0 bridgehead atoms. The number of nitrogens with one attached hydrogen (secondary N) is 1. The van der Waals surface area contributed by atoms with Crippen molar-refractivity contribution in [1.82, 2.24) is 5.32 Å². The zero-order valence-electron chi connectivity index (χ0n) is 10.3. The standard InChI is InChI=1S/C13H21FN2/c1-13(2,7-8-15)12(16-3)10-5-4-6-11(14)9-10/h4-6,9,12,16H,7-8,15H2,1-3H3. The minimum atomic E-state index is -0.193. The van der Waals surface area contributed by atoms with Gasteiger partial charge in [-0.3, -0.25) is 0 Å². The predicted octanol–water partition coefficient (Wildman–Crippen LogP) is 2.46. The van der Waals surface area contributed by atoms with Crippen LogP contribution in [0.15, 0.2) is 24.3 Å². The molecule has 1 aromatic rings. The van der Waals surface area contributed by atoms with Gasteiger partial charge in [-0.05, 0) is 43.1 Å². The van der Waals surface area contributed by atoms with E-state index in [-0.39, 0.29) is 17.3 Å². The molecule has 1 rings (SSSR count). The van der Waals surface area contributed by atoms with E-state index in [0.717, 1.165) is 12.0 Å². The van der Waals surface area contributed by atoms with E-state index in [1.165, 1.54) is 6.07 Å². The van der Waals surface area contributed by atoms with Crippen LogP contribution in [0, 0.1) is 11.2 Å². The fourth-order valence-corrected chi connectivity index (χ4v) is 2.21. The smallest absolute Gasteiger partial charge is 0.123 e. The molecular formula is C13H21FN2. The van der Waals surface area contributed by atoms with E-state index in [1.807, 2.05) is 13.1 Å². The van der Waals surface area contributed by atoms with Gasteiger partial charge in [-0.2, -0.15) is 0 Å². The zero-order chi connectivity index (χ0) is 12.2. The zero-order valence-corrected chi connectivity index (χ0v) is 10.3. The molecule has 0 spiro atoms. The van der Waals surface area contributed by atoms with Crippen LogP contribution in [-0.2, 0) is 0 Å². The third kappa shape index (κ3) is 3.03. The predicted molar refractivity (Wildman–Crippen MR) is 65.7 cm³/mol. The van der Waals surface area contributed by atoms with Crippen LogP contribution in [0.25, 0.3) is 0 Å². The van der Waals surface area contributed by atoms with Crippen molar-refractivity contribution in [1.29, 1.82) is 0 Å². The monoisotopic (exact) mass is 224 g/mol. The molecule has 2 nitrogen and oxygen atoms in total. The molecular weight excluding hydrogens is 203 g/mol. The second-order valence-corrected chi connectivity index (χ2v) is 4.80. The van der Waals surface area contributed by atoms with Gasteiger partial charge in [-0.15, -0.1) is 0 Å². The Bertz CT molecular complexity index is 336. The van der Waals surface area contributed by atoms with Crippen molar-refractivity contribution in [2.24, 2.45) is 11.1 Å². The van der Waals surface area contributed by atoms with Crippen LogP contribution in [-0.4, -0.2) is 13.6 Å². The third-order valence-corrected chi connectivity index (χ3v) is 3.04. The first-order valence-electron chi connectivity index (χ1n) is 5.64. The molecule has 90 valence electrons. The van der Waals surface area contributed by atoms with Gasteiger partial charge in [-0.25, -0.2) is 4.39 Å². The summed E-state index contributed by atoms with van der Waals surface area (Å²) in [6.45, 7) is 4.93.